The Balaban J connectivity index is 2.06. The summed E-state index contributed by atoms with van der Waals surface area (Å²) in [5.74, 6) is 0.253. The molecule has 2 aliphatic heterocycles. The zero-order valence-electron chi connectivity index (χ0n) is 10.0. The van der Waals surface area contributed by atoms with Gasteiger partial charge in [0.1, 0.15) is 13.2 Å². The highest BCUT2D eigenvalue weighted by atomic mass is 16.6. The van der Waals surface area contributed by atoms with Crippen LogP contribution < -0.4 is 14.4 Å². The molecule has 2 aliphatic rings. The molecule has 5 nitrogen and oxygen atoms in total. The molecule has 1 fully saturated rings. The highest BCUT2D eigenvalue weighted by Gasteiger charge is 2.24. The molecule has 18 heavy (non-hydrogen) atoms. The number of ether oxygens (including phenoxy) is 2. The third-order valence-electron chi connectivity index (χ3n) is 3.34. The van der Waals surface area contributed by atoms with Gasteiger partial charge in [-0.1, -0.05) is 0 Å². The molecule has 1 N–H and O–H groups in total. The molecule has 96 valence electrons. The zero-order chi connectivity index (χ0) is 12.5. The topological polar surface area (TPSA) is 59.0 Å². The Morgan fingerprint density at radius 1 is 1.11 bits per heavy atom. The zero-order valence-corrected chi connectivity index (χ0v) is 10.0. The number of anilines is 1. The Labute approximate surface area is 105 Å². The molecule has 0 spiro atoms. The highest BCUT2D eigenvalue weighted by molar-refractivity contribution is 5.95. The van der Waals surface area contributed by atoms with Crippen LogP contribution in [-0.4, -0.2) is 37.4 Å². The van der Waals surface area contributed by atoms with Gasteiger partial charge in [0.05, 0.1) is 11.3 Å². The van der Waals surface area contributed by atoms with Gasteiger partial charge in [0.25, 0.3) is 0 Å². The van der Waals surface area contributed by atoms with Crippen LogP contribution in [0.3, 0.4) is 0 Å². The van der Waals surface area contributed by atoms with Crippen molar-refractivity contribution in [2.24, 2.45) is 0 Å². The van der Waals surface area contributed by atoms with E-state index in [0.717, 1.165) is 31.6 Å². The minimum absolute atomic E-state index is 0.293. The van der Waals surface area contributed by atoms with Crippen LogP contribution in [0.2, 0.25) is 0 Å². The molecule has 1 aromatic carbocycles. The summed E-state index contributed by atoms with van der Waals surface area (Å²) in [6.07, 6.45) is 2.21. The van der Waals surface area contributed by atoms with Crippen LogP contribution in [0.15, 0.2) is 12.1 Å². The monoisotopic (exact) mass is 249 g/mol. The van der Waals surface area contributed by atoms with E-state index in [0.29, 0.717) is 30.3 Å². The summed E-state index contributed by atoms with van der Waals surface area (Å²) in [4.78, 5) is 13.4. The van der Waals surface area contributed by atoms with Gasteiger partial charge in [0.15, 0.2) is 11.5 Å². The average Bonchev–Trinajstić information content (AvgIpc) is 2.91. The van der Waals surface area contributed by atoms with Gasteiger partial charge in [-0.2, -0.15) is 0 Å². The summed E-state index contributed by atoms with van der Waals surface area (Å²) in [6.45, 7) is 2.79. The number of carbonyl (C=O) groups is 1. The van der Waals surface area contributed by atoms with Crippen LogP contribution in [-0.2, 0) is 0 Å². The lowest BCUT2D eigenvalue weighted by Gasteiger charge is -2.24. The summed E-state index contributed by atoms with van der Waals surface area (Å²) < 4.78 is 10.9. The minimum atomic E-state index is -0.922. The van der Waals surface area contributed by atoms with Crippen LogP contribution in [0, 0.1) is 0 Å². The molecule has 5 heteroatoms. The molecule has 1 saturated heterocycles. The molecular formula is C13H15NO4. The van der Waals surface area contributed by atoms with E-state index < -0.39 is 5.97 Å². The predicted molar refractivity (Wildman–Crippen MR) is 65.8 cm³/mol. The van der Waals surface area contributed by atoms with E-state index >= 15 is 0 Å². The molecule has 0 bridgehead atoms. The molecule has 0 saturated carbocycles. The first-order valence-corrected chi connectivity index (χ1v) is 6.17. The Morgan fingerprint density at radius 3 is 2.33 bits per heavy atom. The van der Waals surface area contributed by atoms with Crippen molar-refractivity contribution in [1.82, 2.24) is 0 Å². The van der Waals surface area contributed by atoms with E-state index in [4.69, 9.17) is 9.47 Å². The van der Waals surface area contributed by atoms with Crippen LogP contribution in [0.5, 0.6) is 11.5 Å². The quantitative estimate of drug-likeness (QED) is 0.865. The smallest absolute Gasteiger partial charge is 0.337 e. The Morgan fingerprint density at radius 2 is 1.72 bits per heavy atom. The van der Waals surface area contributed by atoms with Crippen LogP contribution in [0.25, 0.3) is 0 Å². The van der Waals surface area contributed by atoms with E-state index in [-0.39, 0.29) is 0 Å². The molecule has 0 aliphatic carbocycles. The van der Waals surface area contributed by atoms with Crippen molar-refractivity contribution in [3.05, 3.63) is 17.7 Å². The van der Waals surface area contributed by atoms with Crippen molar-refractivity contribution in [1.29, 1.82) is 0 Å². The molecular weight excluding hydrogens is 234 g/mol. The fraction of sp³-hybridized carbons (Fsp3) is 0.462. The highest BCUT2D eigenvalue weighted by Crippen LogP contribution is 2.38. The van der Waals surface area contributed by atoms with Gasteiger partial charge in [-0.05, 0) is 12.8 Å². The summed E-state index contributed by atoms with van der Waals surface area (Å²) in [7, 11) is 0. The lowest BCUT2D eigenvalue weighted by atomic mass is 10.1. The van der Waals surface area contributed by atoms with Crippen molar-refractivity contribution >= 4 is 11.7 Å². The Kier molecular flexibility index (Phi) is 2.74. The average molecular weight is 249 g/mol. The SMILES string of the molecule is O=C(O)c1cc2c(cc1N1CCCC1)OCCO2. The van der Waals surface area contributed by atoms with Crippen LogP contribution >= 0.6 is 0 Å². The molecule has 0 aromatic heterocycles. The van der Waals surface area contributed by atoms with Crippen molar-refractivity contribution < 1.29 is 19.4 Å². The van der Waals surface area contributed by atoms with Crippen LogP contribution in [0.4, 0.5) is 5.69 Å². The van der Waals surface area contributed by atoms with Gasteiger partial charge in [-0.15, -0.1) is 0 Å². The second kappa shape index (κ2) is 4.40. The van der Waals surface area contributed by atoms with Gasteiger partial charge in [-0.25, -0.2) is 4.79 Å². The second-order valence-electron chi connectivity index (χ2n) is 4.51. The first-order chi connectivity index (χ1) is 8.75. The normalized spacial score (nSPS) is 17.9. The maximum Gasteiger partial charge on any atom is 0.337 e. The molecule has 0 atom stereocenters. The maximum atomic E-state index is 11.3. The molecule has 0 unspecified atom stereocenters. The summed E-state index contributed by atoms with van der Waals surface area (Å²) in [5.41, 5.74) is 1.03. The van der Waals surface area contributed by atoms with Gasteiger partial charge in [0, 0.05) is 25.2 Å². The van der Waals surface area contributed by atoms with Gasteiger partial charge in [0.2, 0.25) is 0 Å². The number of carboxylic acid groups (broad SMARTS) is 1. The van der Waals surface area contributed by atoms with E-state index in [1.165, 1.54) is 0 Å². The third-order valence-corrected chi connectivity index (χ3v) is 3.34. The first kappa shape index (κ1) is 11.2. The van der Waals surface area contributed by atoms with Crippen molar-refractivity contribution in [3.63, 3.8) is 0 Å². The van der Waals surface area contributed by atoms with Gasteiger partial charge in [-0.3, -0.25) is 0 Å². The van der Waals surface area contributed by atoms with Gasteiger partial charge >= 0.3 is 5.97 Å². The van der Waals surface area contributed by atoms with Crippen molar-refractivity contribution in [2.75, 3.05) is 31.2 Å². The number of rotatable bonds is 2. The number of aromatic carboxylic acids is 1. The third kappa shape index (κ3) is 1.85. The van der Waals surface area contributed by atoms with Gasteiger partial charge < -0.3 is 19.5 Å². The fourth-order valence-electron chi connectivity index (χ4n) is 2.47. The lowest BCUT2D eigenvalue weighted by Crippen LogP contribution is -2.22. The molecule has 3 rings (SSSR count). The predicted octanol–water partition coefficient (Wildman–Crippen LogP) is 1.76. The van der Waals surface area contributed by atoms with E-state index in [1.54, 1.807) is 12.1 Å². The number of benzene rings is 1. The number of nitrogens with zero attached hydrogens (tertiary/aromatic N) is 1. The lowest BCUT2D eigenvalue weighted by molar-refractivity contribution is 0.0696. The largest absolute Gasteiger partial charge is 0.486 e. The van der Waals surface area contributed by atoms with Crippen LogP contribution in [0.1, 0.15) is 23.2 Å². The fourth-order valence-corrected chi connectivity index (χ4v) is 2.47. The maximum absolute atomic E-state index is 11.3. The molecule has 2 heterocycles. The van der Waals surface area contributed by atoms with Crippen molar-refractivity contribution in [3.8, 4) is 11.5 Å². The van der Waals surface area contributed by atoms with E-state index in [1.807, 2.05) is 0 Å². The standard InChI is InChI=1S/C13H15NO4/c15-13(16)9-7-11-12(18-6-5-17-11)8-10(9)14-3-1-2-4-14/h7-8H,1-6H2,(H,15,16). The number of hydrogen-bond donors (Lipinski definition) is 1. The summed E-state index contributed by atoms with van der Waals surface area (Å²) in [5, 5.41) is 9.30. The number of fused-ring (bicyclic) bond motifs is 1. The molecule has 0 radical (unpaired) electrons. The summed E-state index contributed by atoms with van der Waals surface area (Å²) >= 11 is 0. The van der Waals surface area contributed by atoms with Crippen molar-refractivity contribution in [2.45, 2.75) is 12.8 Å². The Hall–Kier alpha value is -1.91. The Bertz CT molecular complexity index is 480. The first-order valence-electron chi connectivity index (χ1n) is 6.17. The number of hydrogen-bond acceptors (Lipinski definition) is 4. The number of carboxylic acids is 1. The molecule has 0 amide bonds. The summed E-state index contributed by atoms with van der Waals surface area (Å²) in [6, 6.07) is 3.37. The second-order valence-corrected chi connectivity index (χ2v) is 4.51. The minimum Gasteiger partial charge on any atom is -0.486 e. The molecule has 1 aromatic rings. The van der Waals surface area contributed by atoms with E-state index in [9.17, 15) is 9.90 Å². The van der Waals surface area contributed by atoms with E-state index in [2.05, 4.69) is 4.90 Å².